The number of anilines is 1. The molecule has 0 bridgehead atoms. The molecule has 176 valence electrons. The summed E-state index contributed by atoms with van der Waals surface area (Å²) in [4.78, 5) is 14.1. The molecule has 0 aliphatic carbocycles. The van der Waals surface area contributed by atoms with Crippen LogP contribution in [0.25, 0.3) is 5.69 Å². The number of aliphatic hydroxyl groups excluding tert-OH is 4. The summed E-state index contributed by atoms with van der Waals surface area (Å²) in [6.45, 7) is 1.09. The minimum Gasteiger partial charge on any atom is -0.395 e. The summed E-state index contributed by atoms with van der Waals surface area (Å²) in [7, 11) is 0. The van der Waals surface area contributed by atoms with Crippen molar-refractivity contribution < 1.29 is 25.3 Å². The lowest BCUT2D eigenvalue weighted by molar-refractivity contribution is -0.383. The first-order valence-corrected chi connectivity index (χ1v) is 10.7. The molecule has 1 aromatic heterocycles. The van der Waals surface area contributed by atoms with Gasteiger partial charge in [0.05, 0.1) is 41.8 Å². The number of aromatic nitrogens is 3. The average molecular weight is 450 g/mol. The zero-order chi connectivity index (χ0) is 23.1. The molecule has 3 rings (SSSR count). The van der Waals surface area contributed by atoms with E-state index < -0.39 is 29.3 Å². The Kier molecular flexibility index (Phi) is 8.47. The molecule has 4 atom stereocenters. The number of hydrogen-bond acceptors (Lipinski definition) is 10. The molecule has 2 heterocycles. The Hall–Kier alpha value is -2.64. The Balaban J connectivity index is 1.41. The van der Waals surface area contributed by atoms with Crippen molar-refractivity contribution in [3.63, 3.8) is 0 Å². The van der Waals surface area contributed by atoms with Gasteiger partial charge >= 0.3 is 0 Å². The van der Waals surface area contributed by atoms with Gasteiger partial charge in [-0.2, -0.15) is 15.0 Å². The molecule has 1 saturated heterocycles. The molecule has 1 aliphatic heterocycles. The maximum absolute atomic E-state index is 11.4. The molecule has 0 radical (unpaired) electrons. The fourth-order valence-corrected chi connectivity index (χ4v) is 3.95. The predicted octanol–water partition coefficient (Wildman–Crippen LogP) is -0.0930. The minimum absolute atomic E-state index is 0.0424. The van der Waals surface area contributed by atoms with Gasteiger partial charge in [0, 0.05) is 19.2 Å². The van der Waals surface area contributed by atoms with Crippen molar-refractivity contribution in [1.29, 1.82) is 0 Å². The van der Waals surface area contributed by atoms with Crippen molar-refractivity contribution in [2.75, 3.05) is 31.6 Å². The molecule has 1 fully saturated rings. The van der Waals surface area contributed by atoms with Crippen LogP contribution in [-0.4, -0.2) is 95.8 Å². The highest BCUT2D eigenvalue weighted by molar-refractivity contribution is 5.64. The smallest absolute Gasteiger partial charge is 0.294 e. The topological polar surface area (TPSA) is 170 Å². The van der Waals surface area contributed by atoms with E-state index in [4.69, 9.17) is 0 Å². The number of aliphatic hydroxyl groups is 4. The zero-order valence-corrected chi connectivity index (χ0v) is 17.7. The van der Waals surface area contributed by atoms with Crippen LogP contribution >= 0.6 is 0 Å². The number of unbranched alkanes of at least 4 members (excludes halogenated alkanes) is 3. The molecule has 3 unspecified atom stereocenters. The Morgan fingerprint density at radius 2 is 1.81 bits per heavy atom. The zero-order valence-electron chi connectivity index (χ0n) is 17.7. The lowest BCUT2D eigenvalue weighted by Gasteiger charge is -2.43. The van der Waals surface area contributed by atoms with Crippen molar-refractivity contribution in [2.45, 2.75) is 50.0 Å². The third kappa shape index (κ3) is 5.78. The molecule has 0 saturated carbocycles. The Labute approximate surface area is 185 Å². The van der Waals surface area contributed by atoms with Gasteiger partial charge in [-0.1, -0.05) is 12.8 Å². The van der Waals surface area contributed by atoms with Gasteiger partial charge in [0.1, 0.15) is 17.9 Å². The van der Waals surface area contributed by atoms with Crippen LogP contribution in [0, 0.1) is 10.1 Å². The van der Waals surface area contributed by atoms with Gasteiger partial charge in [0.25, 0.3) is 5.69 Å². The van der Waals surface area contributed by atoms with E-state index in [1.165, 1.54) is 23.3 Å². The lowest BCUT2D eigenvalue weighted by atomic mass is 9.94. The van der Waals surface area contributed by atoms with Crippen molar-refractivity contribution in [2.24, 2.45) is 0 Å². The minimum atomic E-state index is -1.25. The molecule has 12 heteroatoms. The molecule has 12 nitrogen and oxygen atoms in total. The van der Waals surface area contributed by atoms with Crippen LogP contribution in [0.2, 0.25) is 0 Å². The number of nitrogens with one attached hydrogen (secondary N) is 1. The van der Waals surface area contributed by atoms with Gasteiger partial charge in [0.2, 0.25) is 0 Å². The number of benzene rings is 1. The van der Waals surface area contributed by atoms with Gasteiger partial charge in [-0.3, -0.25) is 15.0 Å². The highest BCUT2D eigenvalue weighted by Crippen LogP contribution is 2.27. The Bertz CT molecular complexity index is 866. The molecule has 0 amide bonds. The summed E-state index contributed by atoms with van der Waals surface area (Å²) < 4.78 is 0. The Morgan fingerprint density at radius 1 is 1.09 bits per heavy atom. The maximum Gasteiger partial charge on any atom is 0.294 e. The molecule has 1 aliphatic rings. The Morgan fingerprint density at radius 3 is 2.50 bits per heavy atom. The molecule has 2 aromatic rings. The summed E-state index contributed by atoms with van der Waals surface area (Å²) >= 11 is 0. The van der Waals surface area contributed by atoms with Crippen molar-refractivity contribution in [3.05, 3.63) is 40.7 Å². The first-order valence-electron chi connectivity index (χ1n) is 10.7. The van der Waals surface area contributed by atoms with E-state index in [-0.39, 0.29) is 18.8 Å². The quantitative estimate of drug-likeness (QED) is 0.177. The molecule has 32 heavy (non-hydrogen) atoms. The number of piperidine rings is 1. The van der Waals surface area contributed by atoms with E-state index in [2.05, 4.69) is 15.5 Å². The van der Waals surface area contributed by atoms with Gasteiger partial charge in [0.15, 0.2) is 0 Å². The van der Waals surface area contributed by atoms with Gasteiger partial charge in [-0.15, -0.1) is 0 Å². The second kappa shape index (κ2) is 11.3. The normalized spacial score (nSPS) is 23.9. The average Bonchev–Trinajstić information content (AvgIpc) is 3.32. The third-order valence-electron chi connectivity index (χ3n) is 5.73. The number of nitro groups is 1. The largest absolute Gasteiger partial charge is 0.395 e. The summed E-state index contributed by atoms with van der Waals surface area (Å²) in [5, 5.41) is 61.6. The van der Waals surface area contributed by atoms with E-state index in [9.17, 15) is 30.5 Å². The van der Waals surface area contributed by atoms with E-state index in [1.54, 1.807) is 17.0 Å². The van der Waals surface area contributed by atoms with Gasteiger partial charge in [-0.05, 0) is 31.5 Å². The van der Waals surface area contributed by atoms with E-state index >= 15 is 0 Å². The third-order valence-corrected chi connectivity index (χ3v) is 5.73. The summed E-state index contributed by atoms with van der Waals surface area (Å²) in [6, 6.07) is 4.20. The number of rotatable bonds is 11. The van der Waals surface area contributed by atoms with Crippen LogP contribution < -0.4 is 5.32 Å². The van der Waals surface area contributed by atoms with E-state index in [0.29, 0.717) is 24.5 Å². The van der Waals surface area contributed by atoms with Crippen molar-refractivity contribution in [1.82, 2.24) is 19.9 Å². The first kappa shape index (κ1) is 24.0. The predicted molar refractivity (Wildman–Crippen MR) is 115 cm³/mol. The second-order valence-corrected chi connectivity index (χ2v) is 7.91. The monoisotopic (exact) mass is 450 g/mol. The van der Waals surface area contributed by atoms with Gasteiger partial charge in [-0.25, -0.2) is 0 Å². The second-order valence-electron chi connectivity index (χ2n) is 7.91. The fourth-order valence-electron chi connectivity index (χ4n) is 3.95. The maximum atomic E-state index is 11.4. The number of hydrogen-bond donors (Lipinski definition) is 5. The molecular formula is C20H30N6O6. The SMILES string of the molecule is O=[N+]([O-])c1cc(-n2nccn2)ccc1NCCCCCCN1CC(O)[C@H](O)C(O)C1CO. The number of likely N-dealkylation sites (tertiary alicyclic amines) is 1. The molecule has 1 aromatic carbocycles. The van der Waals surface area contributed by atoms with Crippen molar-refractivity contribution >= 4 is 11.4 Å². The highest BCUT2D eigenvalue weighted by atomic mass is 16.6. The number of nitro benzene ring substituents is 1. The fraction of sp³-hybridized carbons (Fsp3) is 0.600. The van der Waals surface area contributed by atoms with Crippen LogP contribution in [0.1, 0.15) is 25.7 Å². The van der Waals surface area contributed by atoms with Crippen LogP contribution in [-0.2, 0) is 0 Å². The number of nitrogens with zero attached hydrogens (tertiary/aromatic N) is 5. The highest BCUT2D eigenvalue weighted by Gasteiger charge is 2.40. The summed E-state index contributed by atoms with van der Waals surface area (Å²) in [5.74, 6) is 0. The van der Waals surface area contributed by atoms with Crippen LogP contribution in [0.5, 0.6) is 0 Å². The van der Waals surface area contributed by atoms with Crippen molar-refractivity contribution in [3.8, 4) is 5.69 Å². The van der Waals surface area contributed by atoms with Crippen LogP contribution in [0.15, 0.2) is 30.6 Å². The number of β-amino-alcohol motifs (C(OH)–C–C–N with tert-alkyl or cyclic N) is 1. The lowest BCUT2D eigenvalue weighted by Crippen LogP contribution is -2.62. The van der Waals surface area contributed by atoms with Crippen LogP contribution in [0.3, 0.4) is 0 Å². The first-order chi connectivity index (χ1) is 15.4. The van der Waals surface area contributed by atoms with E-state index in [1.807, 2.05) is 0 Å². The molecular weight excluding hydrogens is 420 g/mol. The summed E-state index contributed by atoms with van der Waals surface area (Å²) in [6.07, 6.45) is 2.93. The van der Waals surface area contributed by atoms with E-state index in [0.717, 1.165) is 25.7 Å². The standard InChI is InChI=1S/C20H30N6O6/c27-13-17-19(29)20(30)18(28)12-24(17)10-4-2-1-3-7-21-15-6-5-14(11-16(15)26(31)32)25-22-8-9-23-25/h5-6,8-9,11,17-21,27-30H,1-4,7,10,12-13H2/t17?,18?,19?,20-/m0/s1. The summed E-state index contributed by atoms with van der Waals surface area (Å²) in [5.41, 5.74) is 0.902. The van der Waals surface area contributed by atoms with Gasteiger partial charge < -0.3 is 25.7 Å². The van der Waals surface area contributed by atoms with Crippen LogP contribution in [0.4, 0.5) is 11.4 Å². The molecule has 0 spiro atoms. The molecule has 5 N–H and O–H groups in total.